The van der Waals surface area contributed by atoms with E-state index < -0.39 is 5.60 Å². The Bertz CT molecular complexity index is 620. The van der Waals surface area contributed by atoms with Gasteiger partial charge in [-0.2, -0.15) is 0 Å². The number of rotatable bonds is 5. The Morgan fingerprint density at radius 3 is 2.79 bits per heavy atom. The molecule has 0 aliphatic carbocycles. The van der Waals surface area contributed by atoms with Crippen LogP contribution in [-0.4, -0.2) is 49.6 Å². The molecule has 1 aliphatic heterocycles. The molecule has 5 nitrogen and oxygen atoms in total. The van der Waals surface area contributed by atoms with Gasteiger partial charge in [0.15, 0.2) is 0 Å². The first-order chi connectivity index (χ1) is 11.4. The van der Waals surface area contributed by atoms with Gasteiger partial charge in [-0.1, -0.05) is 0 Å². The molecule has 132 valence electrons. The smallest absolute Gasteiger partial charge is 0.253 e. The third kappa shape index (κ3) is 4.12. The SMILES string of the molecule is CNC(=O)CC[C@]1(OC)CCCN(C(=O)c2ccc(F)c(C)c2)C1. The number of carbonyl (C=O) groups excluding carboxylic acids is 2. The quantitative estimate of drug-likeness (QED) is 0.897. The van der Waals surface area contributed by atoms with Crippen molar-refractivity contribution in [3.05, 3.63) is 35.1 Å². The van der Waals surface area contributed by atoms with Crippen molar-refractivity contribution >= 4 is 11.8 Å². The maximum absolute atomic E-state index is 13.4. The number of nitrogens with zero attached hydrogens (tertiary/aromatic N) is 1. The number of ether oxygens (including phenoxy) is 1. The lowest BCUT2D eigenvalue weighted by molar-refractivity contribution is -0.123. The largest absolute Gasteiger partial charge is 0.376 e. The summed E-state index contributed by atoms with van der Waals surface area (Å²) in [6.07, 6.45) is 2.55. The normalized spacial score (nSPS) is 20.8. The van der Waals surface area contributed by atoms with Crippen LogP contribution in [0.5, 0.6) is 0 Å². The van der Waals surface area contributed by atoms with Gasteiger partial charge in [0.05, 0.1) is 5.60 Å². The fraction of sp³-hybridized carbons (Fsp3) is 0.556. The molecule has 1 atom stereocenters. The summed E-state index contributed by atoms with van der Waals surface area (Å²) in [5, 5.41) is 2.61. The maximum atomic E-state index is 13.4. The van der Waals surface area contributed by atoms with E-state index in [1.165, 1.54) is 12.1 Å². The Morgan fingerprint density at radius 2 is 2.17 bits per heavy atom. The molecule has 0 spiro atoms. The van der Waals surface area contributed by atoms with E-state index in [1.807, 2.05) is 0 Å². The van der Waals surface area contributed by atoms with Gasteiger partial charge in [0, 0.05) is 39.2 Å². The third-order valence-corrected chi connectivity index (χ3v) is 4.75. The molecule has 1 heterocycles. The van der Waals surface area contributed by atoms with Crippen LogP contribution in [0.4, 0.5) is 4.39 Å². The Kier molecular flexibility index (Phi) is 5.94. The van der Waals surface area contributed by atoms with Crippen LogP contribution >= 0.6 is 0 Å². The number of amides is 2. The van der Waals surface area contributed by atoms with Gasteiger partial charge in [0.25, 0.3) is 5.91 Å². The average Bonchev–Trinajstić information content (AvgIpc) is 2.61. The number of carbonyl (C=O) groups is 2. The molecule has 1 saturated heterocycles. The molecule has 1 N–H and O–H groups in total. The van der Waals surface area contributed by atoms with Crippen LogP contribution in [0.2, 0.25) is 0 Å². The Balaban J connectivity index is 2.11. The van der Waals surface area contributed by atoms with Crippen LogP contribution in [0.25, 0.3) is 0 Å². The molecule has 24 heavy (non-hydrogen) atoms. The van der Waals surface area contributed by atoms with E-state index >= 15 is 0 Å². The molecule has 1 aromatic carbocycles. The molecule has 0 saturated carbocycles. The topological polar surface area (TPSA) is 58.6 Å². The van der Waals surface area contributed by atoms with Gasteiger partial charge in [-0.05, 0) is 49.9 Å². The Labute approximate surface area is 142 Å². The first-order valence-electron chi connectivity index (χ1n) is 8.22. The molecule has 6 heteroatoms. The second kappa shape index (κ2) is 7.75. The van der Waals surface area contributed by atoms with E-state index in [0.29, 0.717) is 37.1 Å². The van der Waals surface area contributed by atoms with Crippen LogP contribution in [0.15, 0.2) is 18.2 Å². The van der Waals surface area contributed by atoms with E-state index in [1.54, 1.807) is 32.0 Å². The zero-order valence-corrected chi connectivity index (χ0v) is 14.5. The molecular formula is C18H25FN2O3. The second-order valence-corrected chi connectivity index (χ2v) is 6.35. The van der Waals surface area contributed by atoms with E-state index in [2.05, 4.69) is 5.32 Å². The highest BCUT2D eigenvalue weighted by Crippen LogP contribution is 2.30. The first kappa shape index (κ1) is 18.4. The van der Waals surface area contributed by atoms with Gasteiger partial charge in [0.2, 0.25) is 5.91 Å². The van der Waals surface area contributed by atoms with Crippen LogP contribution in [0, 0.1) is 12.7 Å². The summed E-state index contributed by atoms with van der Waals surface area (Å²) in [4.78, 5) is 26.0. The molecule has 1 fully saturated rings. The van der Waals surface area contributed by atoms with Crippen molar-refractivity contribution in [2.45, 2.75) is 38.2 Å². The number of likely N-dealkylation sites (tertiary alicyclic amines) is 1. The standard InChI is InChI=1S/C18H25FN2O3/c1-13-11-14(5-6-15(13)19)17(23)21-10-4-8-18(12-21,24-3)9-7-16(22)20-2/h5-6,11H,4,7-10,12H2,1-3H3,(H,20,22)/t18-/m1/s1. The van der Waals surface area contributed by atoms with Crippen LogP contribution < -0.4 is 5.32 Å². The van der Waals surface area contributed by atoms with Crippen molar-refractivity contribution in [1.82, 2.24) is 10.2 Å². The number of piperidine rings is 1. The fourth-order valence-electron chi connectivity index (χ4n) is 3.17. The minimum absolute atomic E-state index is 0.0379. The second-order valence-electron chi connectivity index (χ2n) is 6.35. The lowest BCUT2D eigenvalue weighted by Crippen LogP contribution is -2.51. The fourth-order valence-corrected chi connectivity index (χ4v) is 3.17. The summed E-state index contributed by atoms with van der Waals surface area (Å²) >= 11 is 0. The number of methoxy groups -OCH3 is 1. The number of nitrogens with one attached hydrogen (secondary N) is 1. The summed E-state index contributed by atoms with van der Waals surface area (Å²) < 4.78 is 19.1. The highest BCUT2D eigenvalue weighted by molar-refractivity contribution is 5.94. The predicted octanol–water partition coefficient (Wildman–Crippen LogP) is 2.28. The van der Waals surface area contributed by atoms with Crippen molar-refractivity contribution < 1.29 is 18.7 Å². The zero-order chi connectivity index (χ0) is 17.7. The van der Waals surface area contributed by atoms with Crippen molar-refractivity contribution in [3.8, 4) is 0 Å². The van der Waals surface area contributed by atoms with E-state index in [0.717, 1.165) is 12.8 Å². The zero-order valence-electron chi connectivity index (χ0n) is 14.5. The van der Waals surface area contributed by atoms with Crippen LogP contribution in [0.1, 0.15) is 41.6 Å². The van der Waals surface area contributed by atoms with Crippen LogP contribution in [0.3, 0.4) is 0 Å². The van der Waals surface area contributed by atoms with Crippen molar-refractivity contribution in [1.29, 1.82) is 0 Å². The van der Waals surface area contributed by atoms with Gasteiger partial charge in [-0.25, -0.2) is 4.39 Å². The van der Waals surface area contributed by atoms with E-state index in [-0.39, 0.29) is 17.6 Å². The Hall–Kier alpha value is -1.95. The molecule has 1 aromatic rings. The summed E-state index contributed by atoms with van der Waals surface area (Å²) in [5.74, 6) is -0.481. The monoisotopic (exact) mass is 336 g/mol. The molecule has 0 aromatic heterocycles. The number of hydrogen-bond donors (Lipinski definition) is 1. The number of benzene rings is 1. The minimum atomic E-state index is -0.504. The van der Waals surface area contributed by atoms with Crippen LogP contribution in [-0.2, 0) is 9.53 Å². The summed E-state index contributed by atoms with van der Waals surface area (Å²) in [6.45, 7) is 2.72. The van der Waals surface area contributed by atoms with Crippen molar-refractivity contribution in [2.24, 2.45) is 0 Å². The third-order valence-electron chi connectivity index (χ3n) is 4.75. The molecule has 0 radical (unpaired) electrons. The molecule has 2 amide bonds. The summed E-state index contributed by atoms with van der Waals surface area (Å²) in [7, 11) is 3.23. The molecule has 2 rings (SSSR count). The van der Waals surface area contributed by atoms with Crippen molar-refractivity contribution in [2.75, 3.05) is 27.2 Å². The Morgan fingerprint density at radius 1 is 1.42 bits per heavy atom. The predicted molar refractivity (Wildman–Crippen MR) is 89.3 cm³/mol. The average molecular weight is 336 g/mol. The first-order valence-corrected chi connectivity index (χ1v) is 8.22. The number of hydrogen-bond acceptors (Lipinski definition) is 3. The van der Waals surface area contributed by atoms with Gasteiger partial charge in [-0.15, -0.1) is 0 Å². The lowest BCUT2D eigenvalue weighted by Gasteiger charge is -2.42. The van der Waals surface area contributed by atoms with Crippen molar-refractivity contribution in [3.63, 3.8) is 0 Å². The highest BCUT2D eigenvalue weighted by atomic mass is 19.1. The highest BCUT2D eigenvalue weighted by Gasteiger charge is 2.37. The molecular weight excluding hydrogens is 311 g/mol. The molecule has 0 unspecified atom stereocenters. The number of halogens is 1. The van der Waals surface area contributed by atoms with Gasteiger partial charge in [0.1, 0.15) is 5.82 Å². The maximum Gasteiger partial charge on any atom is 0.253 e. The lowest BCUT2D eigenvalue weighted by atomic mass is 9.87. The number of aryl methyl sites for hydroxylation is 1. The summed E-state index contributed by atoms with van der Waals surface area (Å²) in [5.41, 5.74) is 0.428. The molecule has 1 aliphatic rings. The van der Waals surface area contributed by atoms with Gasteiger partial charge in [-0.3, -0.25) is 9.59 Å². The van der Waals surface area contributed by atoms with E-state index in [4.69, 9.17) is 4.74 Å². The summed E-state index contributed by atoms with van der Waals surface area (Å²) in [6, 6.07) is 4.41. The minimum Gasteiger partial charge on any atom is -0.376 e. The van der Waals surface area contributed by atoms with Gasteiger partial charge >= 0.3 is 0 Å². The van der Waals surface area contributed by atoms with Gasteiger partial charge < -0.3 is 15.0 Å². The van der Waals surface area contributed by atoms with E-state index in [9.17, 15) is 14.0 Å². The molecule has 0 bridgehead atoms.